The van der Waals surface area contributed by atoms with E-state index in [0.29, 0.717) is 17.9 Å². The van der Waals surface area contributed by atoms with Crippen molar-refractivity contribution in [2.45, 2.75) is 39.8 Å². The number of para-hydroxylation sites is 1. The predicted octanol–water partition coefficient (Wildman–Crippen LogP) is 3.46. The van der Waals surface area contributed by atoms with E-state index in [1.54, 1.807) is 31.2 Å². The summed E-state index contributed by atoms with van der Waals surface area (Å²) < 4.78 is 19.8. The monoisotopic (exact) mass is 386 g/mol. The summed E-state index contributed by atoms with van der Waals surface area (Å²) in [5, 5.41) is 2.78. The first kappa shape index (κ1) is 21.4. The Hall–Kier alpha value is -2.89. The lowest BCUT2D eigenvalue weighted by atomic mass is 10.1. The highest BCUT2D eigenvalue weighted by atomic mass is 19.1. The molecule has 5 nitrogen and oxygen atoms in total. The van der Waals surface area contributed by atoms with Crippen LogP contribution in [-0.4, -0.2) is 35.9 Å². The van der Waals surface area contributed by atoms with Crippen LogP contribution in [0.4, 0.5) is 4.39 Å². The van der Waals surface area contributed by atoms with E-state index >= 15 is 0 Å². The van der Waals surface area contributed by atoms with Crippen molar-refractivity contribution in [3.8, 4) is 5.75 Å². The summed E-state index contributed by atoms with van der Waals surface area (Å²) in [6.07, 6.45) is 0.788. The first-order valence-corrected chi connectivity index (χ1v) is 9.43. The van der Waals surface area contributed by atoms with Gasteiger partial charge in [0.1, 0.15) is 17.6 Å². The predicted molar refractivity (Wildman–Crippen MR) is 106 cm³/mol. The van der Waals surface area contributed by atoms with Crippen LogP contribution in [0.2, 0.25) is 0 Å². The Labute approximate surface area is 165 Å². The van der Waals surface area contributed by atoms with Crippen molar-refractivity contribution in [3.63, 3.8) is 0 Å². The van der Waals surface area contributed by atoms with Crippen LogP contribution in [0.1, 0.15) is 31.4 Å². The molecular formula is C22H27FN2O3. The highest BCUT2D eigenvalue weighted by molar-refractivity contribution is 5.87. The third-order valence-electron chi connectivity index (χ3n) is 4.46. The zero-order valence-electron chi connectivity index (χ0n) is 16.6. The molecule has 150 valence electrons. The van der Waals surface area contributed by atoms with Crippen molar-refractivity contribution in [3.05, 3.63) is 65.5 Å². The van der Waals surface area contributed by atoms with Gasteiger partial charge in [-0.25, -0.2) is 4.39 Å². The van der Waals surface area contributed by atoms with Crippen LogP contribution in [-0.2, 0) is 16.1 Å². The van der Waals surface area contributed by atoms with Gasteiger partial charge in [-0.05, 0) is 38.0 Å². The third-order valence-corrected chi connectivity index (χ3v) is 4.46. The number of amides is 2. The lowest BCUT2D eigenvalue weighted by Crippen LogP contribution is -2.49. The lowest BCUT2D eigenvalue weighted by molar-refractivity contribution is -0.142. The largest absolute Gasteiger partial charge is 0.484 e. The Morgan fingerprint density at radius 3 is 2.50 bits per heavy atom. The molecule has 6 heteroatoms. The minimum Gasteiger partial charge on any atom is -0.484 e. The van der Waals surface area contributed by atoms with Gasteiger partial charge in [0.15, 0.2) is 6.61 Å². The number of halogens is 1. The Kier molecular flexibility index (Phi) is 7.99. The smallest absolute Gasteiger partial charge is 0.261 e. The van der Waals surface area contributed by atoms with Crippen molar-refractivity contribution < 1.29 is 18.7 Å². The first-order valence-electron chi connectivity index (χ1n) is 9.43. The Morgan fingerprint density at radius 2 is 1.82 bits per heavy atom. The summed E-state index contributed by atoms with van der Waals surface area (Å²) in [6, 6.07) is 12.9. The maximum absolute atomic E-state index is 14.1. The van der Waals surface area contributed by atoms with Gasteiger partial charge in [0.2, 0.25) is 5.91 Å². The van der Waals surface area contributed by atoms with Crippen molar-refractivity contribution in [1.82, 2.24) is 10.2 Å². The summed E-state index contributed by atoms with van der Waals surface area (Å²) in [6.45, 7) is 5.75. The van der Waals surface area contributed by atoms with Crippen molar-refractivity contribution in [2.24, 2.45) is 0 Å². The number of carbonyl (C=O) groups excluding carboxylic acids is 2. The van der Waals surface area contributed by atoms with E-state index in [4.69, 9.17) is 4.74 Å². The van der Waals surface area contributed by atoms with E-state index in [9.17, 15) is 14.0 Å². The maximum atomic E-state index is 14.1. The molecule has 0 aromatic heterocycles. The standard InChI is InChI=1S/C22H27FN2O3/c1-4-13-24-22(27)17(3)25(14-18-10-6-7-11-19(18)23)21(26)15-28-20-12-8-5-9-16(20)2/h5-12,17H,4,13-15H2,1-3H3,(H,24,27)/t17-/m0/s1. The zero-order valence-corrected chi connectivity index (χ0v) is 16.6. The van der Waals surface area contributed by atoms with E-state index < -0.39 is 11.9 Å². The molecule has 2 rings (SSSR count). The van der Waals surface area contributed by atoms with Gasteiger partial charge >= 0.3 is 0 Å². The molecule has 0 aliphatic rings. The fourth-order valence-electron chi connectivity index (χ4n) is 2.73. The second-order valence-electron chi connectivity index (χ2n) is 6.63. The number of hydrogen-bond acceptors (Lipinski definition) is 3. The SMILES string of the molecule is CCCNC(=O)[C@H](C)N(Cc1ccccc1F)C(=O)COc1ccccc1C. The minimum atomic E-state index is -0.751. The van der Waals surface area contributed by atoms with Gasteiger partial charge < -0.3 is 15.0 Å². The van der Waals surface area contributed by atoms with Gasteiger partial charge in [-0.2, -0.15) is 0 Å². The molecule has 2 amide bonds. The van der Waals surface area contributed by atoms with Crippen LogP contribution >= 0.6 is 0 Å². The average Bonchev–Trinajstić information content (AvgIpc) is 2.70. The molecule has 2 aromatic carbocycles. The quantitative estimate of drug-likeness (QED) is 0.718. The van der Waals surface area contributed by atoms with Crippen LogP contribution in [0.25, 0.3) is 0 Å². The number of nitrogens with zero attached hydrogens (tertiary/aromatic N) is 1. The molecule has 0 bridgehead atoms. The topological polar surface area (TPSA) is 58.6 Å². The molecular weight excluding hydrogens is 359 g/mol. The molecule has 0 heterocycles. The summed E-state index contributed by atoms with van der Waals surface area (Å²) in [5.74, 6) is -0.473. The fourth-order valence-corrected chi connectivity index (χ4v) is 2.73. The molecule has 0 radical (unpaired) electrons. The van der Waals surface area contributed by atoms with E-state index in [2.05, 4.69) is 5.32 Å². The number of hydrogen-bond donors (Lipinski definition) is 1. The molecule has 28 heavy (non-hydrogen) atoms. The van der Waals surface area contributed by atoms with Gasteiger partial charge in [-0.15, -0.1) is 0 Å². The number of ether oxygens (including phenoxy) is 1. The van der Waals surface area contributed by atoms with Crippen molar-refractivity contribution >= 4 is 11.8 Å². The van der Waals surface area contributed by atoms with Crippen LogP contribution in [0, 0.1) is 12.7 Å². The molecule has 0 unspecified atom stereocenters. The number of benzene rings is 2. The number of rotatable bonds is 9. The normalized spacial score (nSPS) is 11.6. The van der Waals surface area contributed by atoms with E-state index in [1.165, 1.54) is 11.0 Å². The number of carbonyl (C=O) groups is 2. The molecule has 2 aromatic rings. The van der Waals surface area contributed by atoms with Gasteiger partial charge in [0.05, 0.1) is 0 Å². The summed E-state index contributed by atoms with van der Waals surface area (Å²) in [7, 11) is 0. The second-order valence-corrected chi connectivity index (χ2v) is 6.63. The molecule has 0 spiro atoms. The van der Waals surface area contributed by atoms with Gasteiger partial charge in [-0.1, -0.05) is 43.3 Å². The van der Waals surface area contributed by atoms with Crippen LogP contribution < -0.4 is 10.1 Å². The molecule has 1 N–H and O–H groups in total. The highest BCUT2D eigenvalue weighted by Gasteiger charge is 2.27. The average molecular weight is 386 g/mol. The number of aryl methyl sites for hydroxylation is 1. The van der Waals surface area contributed by atoms with Crippen LogP contribution in [0.15, 0.2) is 48.5 Å². The highest BCUT2D eigenvalue weighted by Crippen LogP contribution is 2.17. The second kappa shape index (κ2) is 10.4. The van der Waals surface area contributed by atoms with Crippen LogP contribution in [0.5, 0.6) is 5.75 Å². The minimum absolute atomic E-state index is 0.0106. The Bertz CT molecular complexity index is 810. The van der Waals surface area contributed by atoms with Gasteiger partial charge in [0, 0.05) is 18.7 Å². The summed E-state index contributed by atoms with van der Waals surface area (Å²) in [4.78, 5) is 26.6. The lowest BCUT2D eigenvalue weighted by Gasteiger charge is -2.29. The molecule has 0 fully saturated rings. The fraction of sp³-hybridized carbons (Fsp3) is 0.364. The van der Waals surface area contributed by atoms with Gasteiger partial charge in [-0.3, -0.25) is 9.59 Å². The number of nitrogens with one attached hydrogen (secondary N) is 1. The van der Waals surface area contributed by atoms with Gasteiger partial charge in [0.25, 0.3) is 5.91 Å². The van der Waals surface area contributed by atoms with Crippen LogP contribution in [0.3, 0.4) is 0 Å². The molecule has 1 atom stereocenters. The van der Waals surface area contributed by atoms with Crippen molar-refractivity contribution in [1.29, 1.82) is 0 Å². The Morgan fingerprint density at radius 1 is 1.14 bits per heavy atom. The van der Waals surface area contributed by atoms with Crippen molar-refractivity contribution in [2.75, 3.05) is 13.2 Å². The maximum Gasteiger partial charge on any atom is 0.261 e. The molecule has 0 aliphatic carbocycles. The summed E-state index contributed by atoms with van der Waals surface area (Å²) in [5.41, 5.74) is 1.26. The Balaban J connectivity index is 2.16. The third kappa shape index (κ3) is 5.81. The van der Waals surface area contributed by atoms with E-state index in [-0.39, 0.29) is 25.0 Å². The summed E-state index contributed by atoms with van der Waals surface area (Å²) >= 11 is 0. The molecule has 0 aliphatic heterocycles. The van der Waals surface area contributed by atoms with E-state index in [1.807, 2.05) is 32.0 Å². The van der Waals surface area contributed by atoms with E-state index in [0.717, 1.165) is 12.0 Å². The first-order chi connectivity index (χ1) is 13.4. The molecule has 0 saturated carbocycles. The zero-order chi connectivity index (χ0) is 20.5. The molecule has 0 saturated heterocycles.